The first-order valence-electron chi connectivity index (χ1n) is 12.2. The molecule has 0 saturated heterocycles. The highest BCUT2D eigenvalue weighted by atomic mass is 35.5. The number of hydrogen-bond donors (Lipinski definition) is 3. The smallest absolute Gasteiger partial charge is 0.316 e. The third kappa shape index (κ3) is 8.73. The lowest BCUT2D eigenvalue weighted by Gasteiger charge is -2.38. The van der Waals surface area contributed by atoms with Crippen LogP contribution >= 0.6 is 19.9 Å². The molecule has 0 spiro atoms. The summed E-state index contributed by atoms with van der Waals surface area (Å²) in [5, 5.41) is 7.54. The van der Waals surface area contributed by atoms with E-state index in [-0.39, 0.29) is 6.61 Å². The number of unbranched alkanes of at least 4 members (excludes halogenated alkanes) is 1. The van der Waals surface area contributed by atoms with Crippen LogP contribution in [-0.4, -0.2) is 24.6 Å². The molecule has 0 amide bonds. The summed E-state index contributed by atoms with van der Waals surface area (Å²) in [5.41, 5.74) is 4.00. The summed E-state index contributed by atoms with van der Waals surface area (Å²) in [6.07, 6.45) is 11.0. The fourth-order valence-corrected chi connectivity index (χ4v) is 5.50. The first kappa shape index (κ1) is 26.2. The molecule has 2 aromatic rings. The Morgan fingerprint density at radius 3 is 2.52 bits per heavy atom. The van der Waals surface area contributed by atoms with Crippen LogP contribution in [0.25, 0.3) is 0 Å². The van der Waals surface area contributed by atoms with Gasteiger partial charge in [0, 0.05) is 13.1 Å². The van der Waals surface area contributed by atoms with Crippen molar-refractivity contribution >= 4 is 25.5 Å². The second kappa shape index (κ2) is 14.1. The molecule has 1 unspecified atom stereocenters. The topological polar surface area (TPSA) is 70.6 Å². The molecule has 182 valence electrons. The van der Waals surface area contributed by atoms with Crippen molar-refractivity contribution in [1.29, 1.82) is 0 Å². The quantitative estimate of drug-likeness (QED) is 0.202. The van der Waals surface area contributed by atoms with Gasteiger partial charge in [-0.2, -0.15) is 0 Å². The molecule has 1 saturated carbocycles. The van der Waals surface area contributed by atoms with Crippen molar-refractivity contribution in [3.8, 4) is 0 Å². The highest BCUT2D eigenvalue weighted by Crippen LogP contribution is 2.43. The number of anilines is 1. The van der Waals surface area contributed by atoms with E-state index >= 15 is 0 Å². The van der Waals surface area contributed by atoms with Gasteiger partial charge >= 0.3 is 8.25 Å². The maximum Gasteiger partial charge on any atom is 0.316 e. The number of halogens is 1. The van der Waals surface area contributed by atoms with Gasteiger partial charge in [0.25, 0.3) is 0 Å². The van der Waals surface area contributed by atoms with Crippen LogP contribution in [0.4, 0.5) is 5.69 Å². The molecule has 0 aromatic heterocycles. The molecule has 1 aliphatic carbocycles. The molecular formula is C26H38ClN2O3P. The monoisotopic (exact) mass is 492 g/mol. The summed E-state index contributed by atoms with van der Waals surface area (Å²) in [5.74, 6) is 0. The zero-order valence-electron chi connectivity index (χ0n) is 19.5. The number of hydrogen-bond acceptors (Lipinski definition) is 4. The molecular weight excluding hydrogens is 455 g/mol. The van der Waals surface area contributed by atoms with Crippen molar-refractivity contribution in [3.05, 3.63) is 64.7 Å². The predicted molar refractivity (Wildman–Crippen MR) is 138 cm³/mol. The second-order valence-electron chi connectivity index (χ2n) is 9.05. The fourth-order valence-electron chi connectivity index (χ4n) is 4.92. The molecule has 3 N–H and O–H groups in total. The average Bonchev–Trinajstić information content (AvgIpc) is 2.83. The van der Waals surface area contributed by atoms with Crippen LogP contribution in [0, 0.1) is 0 Å². The minimum atomic E-state index is -2.82. The Hall–Kier alpha value is -1.36. The van der Waals surface area contributed by atoms with E-state index in [2.05, 4.69) is 51.6 Å². The Balaban J connectivity index is 1.38. The van der Waals surface area contributed by atoms with E-state index in [4.69, 9.17) is 16.5 Å². The summed E-state index contributed by atoms with van der Waals surface area (Å²) in [6, 6.07) is 17.3. The van der Waals surface area contributed by atoms with Gasteiger partial charge in [0.1, 0.15) is 0 Å². The molecule has 0 radical (unpaired) electrons. The lowest BCUT2D eigenvalue weighted by Crippen LogP contribution is -2.29. The second-order valence-corrected chi connectivity index (χ2v) is 10.3. The Morgan fingerprint density at radius 1 is 1.00 bits per heavy atom. The minimum Gasteiger partial charge on any atom is -0.384 e. The van der Waals surface area contributed by atoms with Crippen molar-refractivity contribution in [2.24, 2.45) is 0 Å². The predicted octanol–water partition coefficient (Wildman–Crippen LogP) is 6.70. The zero-order chi connectivity index (χ0) is 23.4. The van der Waals surface area contributed by atoms with Crippen LogP contribution in [0.1, 0.15) is 68.9 Å². The van der Waals surface area contributed by atoms with Crippen LogP contribution in [0.15, 0.2) is 48.5 Å². The lowest BCUT2D eigenvalue weighted by molar-refractivity contribution is 0.267. The van der Waals surface area contributed by atoms with Crippen molar-refractivity contribution in [2.45, 2.75) is 69.7 Å². The maximum absolute atomic E-state index is 10.5. The molecule has 1 aliphatic rings. The van der Waals surface area contributed by atoms with Gasteiger partial charge in [-0.1, -0.05) is 73.7 Å². The van der Waals surface area contributed by atoms with E-state index in [1.807, 2.05) is 12.1 Å². The minimum absolute atomic E-state index is 0.289. The third-order valence-corrected chi connectivity index (χ3v) is 7.44. The van der Waals surface area contributed by atoms with E-state index in [0.717, 1.165) is 35.8 Å². The molecule has 0 heterocycles. The van der Waals surface area contributed by atoms with Gasteiger partial charge in [0.2, 0.25) is 0 Å². The first-order valence-corrected chi connectivity index (χ1v) is 13.9. The van der Waals surface area contributed by atoms with Crippen LogP contribution in [-0.2, 0) is 21.0 Å². The van der Waals surface area contributed by atoms with Gasteiger partial charge in [-0.25, -0.2) is 0 Å². The zero-order valence-corrected chi connectivity index (χ0v) is 21.2. The Morgan fingerprint density at radius 2 is 1.79 bits per heavy atom. The molecule has 33 heavy (non-hydrogen) atoms. The summed E-state index contributed by atoms with van der Waals surface area (Å²) < 4.78 is 15.2. The molecule has 0 bridgehead atoms. The molecule has 2 aromatic carbocycles. The van der Waals surface area contributed by atoms with Gasteiger partial charge in [0.15, 0.2) is 0 Å². The van der Waals surface area contributed by atoms with E-state index in [9.17, 15) is 4.57 Å². The molecule has 1 atom stereocenters. The number of benzene rings is 2. The fraction of sp³-hybridized carbons (Fsp3) is 0.538. The Labute approximate surface area is 204 Å². The van der Waals surface area contributed by atoms with Gasteiger partial charge in [-0.3, -0.25) is 4.57 Å². The molecule has 7 heteroatoms. The van der Waals surface area contributed by atoms with E-state index in [1.165, 1.54) is 50.5 Å². The summed E-state index contributed by atoms with van der Waals surface area (Å²) in [4.78, 5) is 8.64. The van der Waals surface area contributed by atoms with Crippen LogP contribution in [0.2, 0.25) is 5.02 Å². The van der Waals surface area contributed by atoms with Crippen molar-refractivity contribution in [2.75, 3.05) is 25.0 Å². The van der Waals surface area contributed by atoms with Gasteiger partial charge in [-0.05, 0) is 67.3 Å². The lowest BCUT2D eigenvalue weighted by atomic mass is 9.67. The maximum atomic E-state index is 10.5. The highest BCUT2D eigenvalue weighted by molar-refractivity contribution is 7.32. The largest absolute Gasteiger partial charge is 0.384 e. The van der Waals surface area contributed by atoms with Gasteiger partial charge in [-0.15, -0.1) is 0 Å². The van der Waals surface area contributed by atoms with Crippen LogP contribution in [0.3, 0.4) is 0 Å². The summed E-state index contributed by atoms with van der Waals surface area (Å²) in [6.45, 7) is 2.64. The molecule has 1 fully saturated rings. The summed E-state index contributed by atoms with van der Waals surface area (Å²) in [7, 11) is -2.82. The molecule has 3 rings (SSSR count). The van der Waals surface area contributed by atoms with E-state index < -0.39 is 8.25 Å². The van der Waals surface area contributed by atoms with Gasteiger partial charge < -0.3 is 20.1 Å². The molecule has 0 aliphatic heterocycles. The Kier molecular flexibility index (Phi) is 11.2. The highest BCUT2D eigenvalue weighted by Gasteiger charge is 2.32. The Bertz CT molecular complexity index is 860. The standard InChI is InChI=1S/C26H38ClN2O3P/c27-24-20-22(21-28-17-9-19-32-33(30)31)12-13-25(24)29-18-8-7-16-26(14-5-2-6-15-26)23-10-3-1-4-11-23/h1,3-4,10-13,20,28-29,33H,2,5-9,14-19,21H2,(H,30,31). The normalized spacial score (nSPS) is 16.4. The van der Waals surface area contributed by atoms with E-state index in [0.29, 0.717) is 18.4 Å². The van der Waals surface area contributed by atoms with Crippen molar-refractivity contribution in [3.63, 3.8) is 0 Å². The third-order valence-electron chi connectivity index (χ3n) is 6.68. The number of nitrogens with one attached hydrogen (secondary N) is 2. The van der Waals surface area contributed by atoms with Crippen molar-refractivity contribution in [1.82, 2.24) is 5.32 Å². The SMILES string of the molecule is O=[PH](O)OCCCNCc1ccc(NCCCCC2(c3ccccc3)CCCCC2)c(Cl)c1. The average molecular weight is 493 g/mol. The van der Waals surface area contributed by atoms with Crippen LogP contribution < -0.4 is 10.6 Å². The molecule has 5 nitrogen and oxygen atoms in total. The number of rotatable bonds is 14. The van der Waals surface area contributed by atoms with E-state index in [1.54, 1.807) is 0 Å². The summed E-state index contributed by atoms with van der Waals surface area (Å²) >= 11 is 6.49. The first-order chi connectivity index (χ1) is 16.1. The van der Waals surface area contributed by atoms with Gasteiger partial charge in [0.05, 0.1) is 17.3 Å². The van der Waals surface area contributed by atoms with Crippen molar-refractivity contribution < 1.29 is 14.0 Å². The van der Waals surface area contributed by atoms with Crippen LogP contribution in [0.5, 0.6) is 0 Å².